The Bertz CT molecular complexity index is 1090. The molecule has 35 heavy (non-hydrogen) atoms. The largest absolute Gasteiger partial charge is 0.530 e. The first-order valence-corrected chi connectivity index (χ1v) is 26.2. The van der Waals surface area contributed by atoms with Crippen molar-refractivity contribution in [2.24, 2.45) is 0 Å². The fourth-order valence-electron chi connectivity index (χ4n) is 4.75. The second-order valence-electron chi connectivity index (χ2n) is 13.6. The Kier molecular flexibility index (Phi) is 6.73. The molecule has 0 aromatic carbocycles. The molecular formula is C22H43N5O4Si4. The van der Waals surface area contributed by atoms with Gasteiger partial charge in [0.15, 0.2) is 42.3 Å². The maximum absolute atomic E-state index is 6.85. The minimum absolute atomic E-state index is 0.0341. The monoisotopic (exact) mass is 553 g/mol. The van der Waals surface area contributed by atoms with Gasteiger partial charge in [0.1, 0.15) is 12.4 Å². The quantitative estimate of drug-likeness (QED) is 0.421. The predicted molar refractivity (Wildman–Crippen MR) is 150 cm³/mol. The predicted octanol–water partition coefficient (Wildman–Crippen LogP) is 5.03. The molecule has 0 aliphatic carbocycles. The Labute approximate surface area is 214 Å². The highest BCUT2D eigenvalue weighted by molar-refractivity contribution is 6.80. The van der Waals surface area contributed by atoms with Gasteiger partial charge in [-0.25, -0.2) is 15.0 Å². The number of aromatic nitrogens is 4. The molecule has 0 bridgehead atoms. The molecule has 2 aromatic heterocycles. The van der Waals surface area contributed by atoms with Gasteiger partial charge in [0, 0.05) is 0 Å². The number of hydrogen-bond donors (Lipinski definition) is 0. The van der Waals surface area contributed by atoms with E-state index in [2.05, 4.69) is 97.7 Å². The highest BCUT2D eigenvalue weighted by atomic mass is 28.4. The van der Waals surface area contributed by atoms with Crippen LogP contribution in [0.15, 0.2) is 6.33 Å². The SMILES string of the molecule is C[Si](C)(C)OCC1OC2C(C1O[Si](C)(C)C)N([Si](C)(C)C)c1nc3c(O[Si](C)(C)C)ncnc3n12. The van der Waals surface area contributed by atoms with Gasteiger partial charge in [-0.15, -0.1) is 0 Å². The average molecular weight is 554 g/mol. The van der Waals surface area contributed by atoms with Crippen LogP contribution >= 0.6 is 0 Å². The molecule has 2 aliphatic heterocycles. The Morgan fingerprint density at radius 3 is 2.09 bits per heavy atom. The van der Waals surface area contributed by atoms with Crippen molar-refractivity contribution in [2.45, 2.75) is 103 Å². The van der Waals surface area contributed by atoms with Gasteiger partial charge in [-0.1, -0.05) is 19.6 Å². The third-order valence-electron chi connectivity index (χ3n) is 5.80. The number of nitrogens with zero attached hydrogens (tertiary/aromatic N) is 5. The van der Waals surface area contributed by atoms with Crippen LogP contribution in [-0.4, -0.2) is 77.6 Å². The lowest BCUT2D eigenvalue weighted by Gasteiger charge is -2.40. The van der Waals surface area contributed by atoms with Crippen LogP contribution in [0.5, 0.6) is 5.88 Å². The first-order chi connectivity index (χ1) is 15.9. The van der Waals surface area contributed by atoms with Crippen LogP contribution in [0.25, 0.3) is 11.2 Å². The molecule has 196 valence electrons. The van der Waals surface area contributed by atoms with Crippen molar-refractivity contribution in [1.82, 2.24) is 19.5 Å². The van der Waals surface area contributed by atoms with Crippen molar-refractivity contribution in [2.75, 3.05) is 11.2 Å². The Balaban J connectivity index is 1.83. The summed E-state index contributed by atoms with van der Waals surface area (Å²) in [5.41, 5.74) is 1.47. The molecule has 4 heterocycles. The van der Waals surface area contributed by atoms with E-state index < -0.39 is 33.2 Å². The van der Waals surface area contributed by atoms with Crippen LogP contribution in [0.2, 0.25) is 78.6 Å². The summed E-state index contributed by atoms with van der Waals surface area (Å²) in [5.74, 6) is 1.46. The molecule has 0 spiro atoms. The lowest BCUT2D eigenvalue weighted by Crippen LogP contribution is -2.57. The summed E-state index contributed by atoms with van der Waals surface area (Å²) in [4.78, 5) is 14.2. The summed E-state index contributed by atoms with van der Waals surface area (Å²) in [6, 6.07) is 0.0341. The highest BCUT2D eigenvalue weighted by Crippen LogP contribution is 2.49. The molecule has 13 heteroatoms. The third-order valence-corrected chi connectivity index (χ3v) is 10.6. The normalized spacial score (nSPS) is 25.3. The lowest BCUT2D eigenvalue weighted by atomic mass is 10.1. The zero-order valence-electron chi connectivity index (χ0n) is 23.5. The molecule has 2 aromatic rings. The van der Waals surface area contributed by atoms with Crippen molar-refractivity contribution in [3.8, 4) is 5.88 Å². The number of ether oxygens (including phenoxy) is 1. The number of rotatable bonds is 8. The fourth-order valence-corrected chi connectivity index (χ4v) is 9.18. The molecule has 9 nitrogen and oxygen atoms in total. The zero-order chi connectivity index (χ0) is 26.1. The number of hydrogen-bond acceptors (Lipinski definition) is 8. The molecule has 4 rings (SSSR count). The van der Waals surface area contributed by atoms with E-state index in [4.69, 9.17) is 23.0 Å². The van der Waals surface area contributed by atoms with E-state index in [1.807, 2.05) is 0 Å². The number of fused-ring (bicyclic) bond motifs is 5. The van der Waals surface area contributed by atoms with Gasteiger partial charge >= 0.3 is 0 Å². The van der Waals surface area contributed by atoms with E-state index in [9.17, 15) is 0 Å². The molecule has 4 unspecified atom stereocenters. The fraction of sp³-hybridized carbons (Fsp3) is 0.773. The highest BCUT2D eigenvalue weighted by Gasteiger charge is 2.58. The second kappa shape index (κ2) is 8.74. The topological polar surface area (TPSA) is 83.8 Å². The summed E-state index contributed by atoms with van der Waals surface area (Å²) < 4.78 is 31.0. The van der Waals surface area contributed by atoms with Crippen LogP contribution in [0, 0.1) is 0 Å². The van der Waals surface area contributed by atoms with Gasteiger partial charge in [0.25, 0.3) is 0 Å². The molecule has 0 radical (unpaired) electrons. The summed E-state index contributed by atoms with van der Waals surface area (Å²) in [6.45, 7) is 27.4. The molecule has 0 N–H and O–H groups in total. The molecule has 0 amide bonds. The van der Waals surface area contributed by atoms with Crippen molar-refractivity contribution in [3.63, 3.8) is 0 Å². The molecule has 0 saturated carbocycles. The van der Waals surface area contributed by atoms with E-state index in [-0.39, 0.29) is 24.5 Å². The lowest BCUT2D eigenvalue weighted by molar-refractivity contribution is -0.0348. The van der Waals surface area contributed by atoms with E-state index in [1.54, 1.807) is 6.33 Å². The average Bonchev–Trinajstić information content (AvgIpc) is 3.25. The van der Waals surface area contributed by atoms with Crippen molar-refractivity contribution in [1.29, 1.82) is 0 Å². The molecule has 2 aliphatic rings. The van der Waals surface area contributed by atoms with Crippen LogP contribution in [0.4, 0.5) is 5.95 Å². The van der Waals surface area contributed by atoms with Gasteiger partial charge in [-0.2, -0.15) is 0 Å². The Hall–Kier alpha value is -1.10. The first kappa shape index (κ1) is 26.9. The van der Waals surface area contributed by atoms with Crippen molar-refractivity contribution < 1.29 is 18.0 Å². The van der Waals surface area contributed by atoms with Crippen LogP contribution in [0.1, 0.15) is 6.23 Å². The summed E-state index contributed by atoms with van der Waals surface area (Å²) >= 11 is 0. The maximum Gasteiger partial charge on any atom is 0.244 e. The Morgan fingerprint density at radius 2 is 1.54 bits per heavy atom. The summed E-state index contributed by atoms with van der Waals surface area (Å²) in [7, 11) is -7.36. The summed E-state index contributed by atoms with van der Waals surface area (Å²) in [6.07, 6.45) is 1.10. The smallest absolute Gasteiger partial charge is 0.244 e. The standard InChI is InChI=1S/C22H43N5O4Si4/c1-32(2,3)27-17-18(30-34(7,8)9)15(13-28-33(4,5)6)29-21(17)26-19-16(25-22(26)27)20(24-14-23-19)31-35(10,11)12/h14-15,17-18,21H,13H2,1-12H3. The van der Waals surface area contributed by atoms with E-state index >= 15 is 0 Å². The molecular weight excluding hydrogens is 511 g/mol. The van der Waals surface area contributed by atoms with Crippen molar-refractivity contribution >= 4 is 50.3 Å². The number of imidazole rings is 1. The molecule has 4 atom stereocenters. The van der Waals surface area contributed by atoms with E-state index in [1.165, 1.54) is 0 Å². The van der Waals surface area contributed by atoms with Gasteiger partial charge in [0.05, 0.1) is 18.8 Å². The van der Waals surface area contributed by atoms with Gasteiger partial charge in [0.2, 0.25) is 20.1 Å². The maximum atomic E-state index is 6.85. The summed E-state index contributed by atoms with van der Waals surface area (Å²) in [5, 5.41) is 0. The third kappa shape index (κ3) is 5.60. The molecule has 1 saturated heterocycles. The molecule has 1 fully saturated rings. The van der Waals surface area contributed by atoms with Gasteiger partial charge in [-0.05, 0) is 58.9 Å². The van der Waals surface area contributed by atoms with Crippen molar-refractivity contribution in [3.05, 3.63) is 6.33 Å². The Morgan fingerprint density at radius 1 is 0.886 bits per heavy atom. The second-order valence-corrected chi connectivity index (χ2v) is 31.8. The van der Waals surface area contributed by atoms with E-state index in [0.29, 0.717) is 18.0 Å². The van der Waals surface area contributed by atoms with Gasteiger partial charge < -0.3 is 22.6 Å². The zero-order valence-corrected chi connectivity index (χ0v) is 27.5. The van der Waals surface area contributed by atoms with Gasteiger partial charge in [-0.3, -0.25) is 4.57 Å². The van der Waals surface area contributed by atoms with E-state index in [0.717, 1.165) is 11.6 Å². The first-order valence-electron chi connectivity index (χ1n) is 12.5. The number of anilines is 1. The minimum Gasteiger partial charge on any atom is -0.530 e. The van der Waals surface area contributed by atoms with Crippen LogP contribution in [0.3, 0.4) is 0 Å². The van der Waals surface area contributed by atoms with Crippen LogP contribution in [-0.2, 0) is 13.6 Å². The van der Waals surface area contributed by atoms with Crippen LogP contribution < -0.4 is 8.99 Å². The minimum atomic E-state index is -1.90.